The average molecular weight is 177 g/mol. The SMILES string of the molecule is Cc1ccc(C2CC(NO)C2)cc1. The summed E-state index contributed by atoms with van der Waals surface area (Å²) in [6, 6.07) is 8.98. The molecule has 0 aromatic heterocycles. The molecule has 0 atom stereocenters. The molecule has 0 amide bonds. The van der Waals surface area contributed by atoms with Gasteiger partial charge >= 0.3 is 0 Å². The van der Waals surface area contributed by atoms with Crippen LogP contribution in [0.1, 0.15) is 29.9 Å². The fourth-order valence-corrected chi connectivity index (χ4v) is 1.83. The molecule has 70 valence electrons. The van der Waals surface area contributed by atoms with Gasteiger partial charge in [0.15, 0.2) is 0 Å². The number of benzene rings is 1. The average Bonchev–Trinajstić information content (AvgIpc) is 2.06. The fourth-order valence-electron chi connectivity index (χ4n) is 1.83. The lowest BCUT2D eigenvalue weighted by Crippen LogP contribution is -2.37. The Morgan fingerprint density at radius 3 is 2.38 bits per heavy atom. The molecule has 1 fully saturated rings. The van der Waals surface area contributed by atoms with E-state index in [0.29, 0.717) is 12.0 Å². The van der Waals surface area contributed by atoms with E-state index in [4.69, 9.17) is 5.21 Å². The van der Waals surface area contributed by atoms with E-state index in [1.54, 1.807) is 0 Å². The van der Waals surface area contributed by atoms with Crippen LogP contribution in [-0.2, 0) is 0 Å². The molecule has 1 aliphatic rings. The Kier molecular flexibility index (Phi) is 2.34. The molecule has 0 heterocycles. The summed E-state index contributed by atoms with van der Waals surface area (Å²) in [5.74, 6) is 0.644. The quantitative estimate of drug-likeness (QED) is 0.679. The van der Waals surface area contributed by atoms with Gasteiger partial charge in [0.05, 0.1) is 0 Å². The summed E-state index contributed by atoms with van der Waals surface area (Å²) in [6.07, 6.45) is 2.11. The van der Waals surface area contributed by atoms with Crippen LogP contribution in [0.15, 0.2) is 24.3 Å². The Morgan fingerprint density at radius 1 is 1.23 bits per heavy atom. The predicted molar refractivity (Wildman–Crippen MR) is 51.9 cm³/mol. The van der Waals surface area contributed by atoms with Crippen molar-refractivity contribution in [1.82, 2.24) is 5.48 Å². The third-order valence-corrected chi connectivity index (χ3v) is 2.87. The lowest BCUT2D eigenvalue weighted by molar-refractivity contribution is 0.0782. The van der Waals surface area contributed by atoms with Crippen molar-refractivity contribution in [2.45, 2.75) is 31.7 Å². The molecule has 0 bridgehead atoms. The van der Waals surface area contributed by atoms with Gasteiger partial charge in [-0.3, -0.25) is 0 Å². The molecule has 0 aliphatic heterocycles. The van der Waals surface area contributed by atoms with Gasteiger partial charge in [-0.1, -0.05) is 29.8 Å². The molecule has 2 N–H and O–H groups in total. The summed E-state index contributed by atoms with van der Waals surface area (Å²) in [6.45, 7) is 2.10. The van der Waals surface area contributed by atoms with Crippen molar-refractivity contribution in [3.8, 4) is 0 Å². The van der Waals surface area contributed by atoms with Crippen LogP contribution in [0.2, 0.25) is 0 Å². The smallest absolute Gasteiger partial charge is 0.0331 e. The van der Waals surface area contributed by atoms with Crippen molar-refractivity contribution in [1.29, 1.82) is 0 Å². The maximum atomic E-state index is 8.64. The number of aryl methyl sites for hydroxylation is 1. The Balaban J connectivity index is 1.99. The number of rotatable bonds is 2. The second-order valence-electron chi connectivity index (χ2n) is 3.91. The van der Waals surface area contributed by atoms with E-state index in [9.17, 15) is 0 Å². The molecule has 1 aromatic rings. The van der Waals surface area contributed by atoms with Crippen LogP contribution >= 0.6 is 0 Å². The number of nitrogens with one attached hydrogen (secondary N) is 1. The Labute approximate surface area is 78.5 Å². The van der Waals surface area contributed by atoms with Gasteiger partial charge < -0.3 is 5.21 Å². The summed E-state index contributed by atoms with van der Waals surface area (Å²) in [4.78, 5) is 0. The van der Waals surface area contributed by atoms with Gasteiger partial charge in [-0.15, -0.1) is 0 Å². The van der Waals surface area contributed by atoms with E-state index in [-0.39, 0.29) is 0 Å². The Hall–Kier alpha value is -0.860. The van der Waals surface area contributed by atoms with E-state index in [2.05, 4.69) is 36.7 Å². The van der Waals surface area contributed by atoms with Crippen molar-refractivity contribution in [3.63, 3.8) is 0 Å². The zero-order valence-corrected chi connectivity index (χ0v) is 7.83. The lowest BCUT2D eigenvalue weighted by atomic mass is 9.76. The summed E-state index contributed by atoms with van der Waals surface area (Å²) in [5.41, 5.74) is 5.02. The van der Waals surface area contributed by atoms with Gasteiger partial charge in [0.2, 0.25) is 0 Å². The summed E-state index contributed by atoms with van der Waals surface area (Å²) in [5, 5.41) is 8.64. The standard InChI is InChI=1S/C11H15NO/c1-8-2-4-9(5-3-8)10-6-11(7-10)12-13/h2-5,10-13H,6-7H2,1H3. The van der Waals surface area contributed by atoms with Gasteiger partial charge in [-0.25, -0.2) is 5.48 Å². The molecule has 13 heavy (non-hydrogen) atoms. The molecule has 0 spiro atoms. The first kappa shape index (κ1) is 8.73. The van der Waals surface area contributed by atoms with Crippen molar-refractivity contribution in [2.75, 3.05) is 0 Å². The van der Waals surface area contributed by atoms with Crippen molar-refractivity contribution >= 4 is 0 Å². The van der Waals surface area contributed by atoms with E-state index in [0.717, 1.165) is 12.8 Å². The fraction of sp³-hybridized carbons (Fsp3) is 0.455. The van der Waals surface area contributed by atoms with E-state index in [1.807, 2.05) is 0 Å². The number of hydroxylamine groups is 1. The van der Waals surface area contributed by atoms with Gasteiger partial charge in [0.1, 0.15) is 0 Å². The molecule has 2 nitrogen and oxygen atoms in total. The van der Waals surface area contributed by atoms with Crippen molar-refractivity contribution in [3.05, 3.63) is 35.4 Å². The molecule has 0 radical (unpaired) electrons. The van der Waals surface area contributed by atoms with Crippen LogP contribution in [0.3, 0.4) is 0 Å². The zero-order valence-electron chi connectivity index (χ0n) is 7.83. The van der Waals surface area contributed by atoms with Gasteiger partial charge in [-0.2, -0.15) is 0 Å². The zero-order chi connectivity index (χ0) is 9.26. The van der Waals surface area contributed by atoms with Crippen LogP contribution in [0.5, 0.6) is 0 Å². The molecular weight excluding hydrogens is 162 g/mol. The van der Waals surface area contributed by atoms with Gasteiger partial charge in [0, 0.05) is 6.04 Å². The molecule has 1 saturated carbocycles. The van der Waals surface area contributed by atoms with Gasteiger partial charge in [0.25, 0.3) is 0 Å². The largest absolute Gasteiger partial charge is 0.317 e. The first-order valence-electron chi connectivity index (χ1n) is 4.76. The summed E-state index contributed by atoms with van der Waals surface area (Å²) >= 11 is 0. The predicted octanol–water partition coefficient (Wildman–Crippen LogP) is 2.22. The normalized spacial score (nSPS) is 26.9. The monoisotopic (exact) mass is 177 g/mol. The summed E-state index contributed by atoms with van der Waals surface area (Å²) in [7, 11) is 0. The second-order valence-corrected chi connectivity index (χ2v) is 3.91. The molecule has 2 heteroatoms. The second kappa shape index (κ2) is 3.48. The first-order valence-corrected chi connectivity index (χ1v) is 4.76. The molecule has 1 aliphatic carbocycles. The minimum absolute atomic E-state index is 0.311. The lowest BCUT2D eigenvalue weighted by Gasteiger charge is -2.34. The van der Waals surface area contributed by atoms with Crippen LogP contribution in [0.4, 0.5) is 0 Å². The third kappa shape index (κ3) is 1.74. The van der Waals surface area contributed by atoms with Crippen LogP contribution < -0.4 is 5.48 Å². The van der Waals surface area contributed by atoms with E-state index >= 15 is 0 Å². The third-order valence-electron chi connectivity index (χ3n) is 2.87. The first-order chi connectivity index (χ1) is 6.29. The Morgan fingerprint density at radius 2 is 1.85 bits per heavy atom. The minimum atomic E-state index is 0.311. The van der Waals surface area contributed by atoms with Crippen LogP contribution in [0, 0.1) is 6.92 Å². The number of hydrogen-bond acceptors (Lipinski definition) is 2. The highest BCUT2D eigenvalue weighted by Crippen LogP contribution is 2.36. The van der Waals surface area contributed by atoms with E-state index < -0.39 is 0 Å². The highest BCUT2D eigenvalue weighted by molar-refractivity contribution is 5.26. The highest BCUT2D eigenvalue weighted by atomic mass is 16.5. The summed E-state index contributed by atoms with van der Waals surface area (Å²) < 4.78 is 0. The van der Waals surface area contributed by atoms with Crippen molar-refractivity contribution < 1.29 is 5.21 Å². The Bertz CT molecular complexity index is 275. The van der Waals surface area contributed by atoms with Crippen LogP contribution in [0.25, 0.3) is 0 Å². The maximum absolute atomic E-state index is 8.64. The maximum Gasteiger partial charge on any atom is 0.0331 e. The van der Waals surface area contributed by atoms with Gasteiger partial charge in [-0.05, 0) is 31.2 Å². The molecular formula is C11H15NO. The molecule has 0 unspecified atom stereocenters. The molecule has 0 saturated heterocycles. The van der Waals surface area contributed by atoms with E-state index in [1.165, 1.54) is 11.1 Å². The topological polar surface area (TPSA) is 32.3 Å². The van der Waals surface area contributed by atoms with Crippen molar-refractivity contribution in [2.24, 2.45) is 0 Å². The molecule has 2 rings (SSSR count). The minimum Gasteiger partial charge on any atom is -0.317 e. The number of hydrogen-bond donors (Lipinski definition) is 2. The van der Waals surface area contributed by atoms with Crippen LogP contribution in [-0.4, -0.2) is 11.2 Å². The highest BCUT2D eigenvalue weighted by Gasteiger charge is 2.29. The molecule has 1 aromatic carbocycles.